The van der Waals surface area contributed by atoms with Crippen LogP contribution in [0.3, 0.4) is 0 Å². The van der Waals surface area contributed by atoms with Crippen molar-refractivity contribution in [2.45, 2.75) is 24.3 Å². The van der Waals surface area contributed by atoms with Crippen molar-refractivity contribution in [1.29, 1.82) is 0 Å². The highest BCUT2D eigenvalue weighted by Gasteiger charge is 2.53. The van der Waals surface area contributed by atoms with Crippen LogP contribution in [0.2, 0.25) is 5.02 Å². The summed E-state index contributed by atoms with van der Waals surface area (Å²) in [5.41, 5.74) is 1.91. The lowest BCUT2D eigenvalue weighted by Gasteiger charge is -2.36. The molecule has 37 heavy (non-hydrogen) atoms. The van der Waals surface area contributed by atoms with E-state index in [0.29, 0.717) is 27.6 Å². The van der Waals surface area contributed by atoms with E-state index in [4.69, 9.17) is 21.1 Å². The number of ether oxygens (including phenoxy) is 2. The number of Topliss-reactive ketones (excluding diaryl/α,β-unsaturated/α-hetero) is 1. The van der Waals surface area contributed by atoms with Crippen molar-refractivity contribution in [1.82, 2.24) is 0 Å². The average molecular weight is 520 g/mol. The summed E-state index contributed by atoms with van der Waals surface area (Å²) in [6.07, 6.45) is 2.82. The van der Waals surface area contributed by atoms with Crippen molar-refractivity contribution in [3.05, 3.63) is 111 Å². The van der Waals surface area contributed by atoms with E-state index in [9.17, 15) is 19.7 Å². The molecule has 8 heteroatoms. The Morgan fingerprint density at radius 3 is 2.00 bits per heavy atom. The summed E-state index contributed by atoms with van der Waals surface area (Å²) in [6, 6.07) is 19.3. The number of benzene rings is 3. The van der Waals surface area contributed by atoms with Crippen LogP contribution in [0.25, 0.3) is 6.08 Å². The smallest absolute Gasteiger partial charge is 0.228 e. The molecule has 190 valence electrons. The minimum Gasteiger partial charge on any atom is -0.497 e. The molecular weight excluding hydrogens is 494 g/mol. The molecule has 4 rings (SSSR count). The number of hydrogen-bond acceptors (Lipinski definition) is 6. The number of carbonyl (C=O) groups excluding carboxylic acids is 2. The first kappa shape index (κ1) is 26.1. The van der Waals surface area contributed by atoms with E-state index < -0.39 is 29.6 Å². The van der Waals surface area contributed by atoms with Crippen LogP contribution in [0.4, 0.5) is 0 Å². The highest BCUT2D eigenvalue weighted by Crippen LogP contribution is 2.45. The van der Waals surface area contributed by atoms with Crippen molar-refractivity contribution in [2.24, 2.45) is 5.92 Å². The zero-order valence-corrected chi connectivity index (χ0v) is 21.1. The first-order valence-electron chi connectivity index (χ1n) is 11.7. The van der Waals surface area contributed by atoms with Gasteiger partial charge in [-0.2, -0.15) is 0 Å². The Hall–Kier alpha value is -3.97. The van der Waals surface area contributed by atoms with Gasteiger partial charge in [0, 0.05) is 16.4 Å². The second-order valence-electron chi connectivity index (χ2n) is 8.89. The van der Waals surface area contributed by atoms with Crippen LogP contribution < -0.4 is 9.47 Å². The van der Waals surface area contributed by atoms with Gasteiger partial charge in [-0.05, 0) is 59.2 Å². The first-order chi connectivity index (χ1) is 17.8. The third-order valence-electron chi connectivity index (χ3n) is 6.81. The maximum absolute atomic E-state index is 13.5. The fourth-order valence-electron chi connectivity index (χ4n) is 4.96. The van der Waals surface area contributed by atoms with E-state index in [0.717, 1.165) is 5.56 Å². The zero-order valence-electron chi connectivity index (χ0n) is 20.4. The van der Waals surface area contributed by atoms with Crippen molar-refractivity contribution in [3.63, 3.8) is 0 Å². The van der Waals surface area contributed by atoms with Gasteiger partial charge in [0.15, 0.2) is 5.78 Å². The molecular formula is C29H26ClNO6. The van der Waals surface area contributed by atoms with Gasteiger partial charge in [0.05, 0.1) is 32.0 Å². The van der Waals surface area contributed by atoms with Crippen LogP contribution in [-0.2, 0) is 9.59 Å². The third kappa shape index (κ3) is 5.73. The van der Waals surface area contributed by atoms with Crippen LogP contribution in [0.5, 0.6) is 11.5 Å². The first-order valence-corrected chi connectivity index (χ1v) is 12.1. The molecule has 0 radical (unpaired) electrons. The summed E-state index contributed by atoms with van der Waals surface area (Å²) in [6.45, 7) is 0. The Balaban J connectivity index is 1.74. The number of ketones is 2. The van der Waals surface area contributed by atoms with Gasteiger partial charge in [0.1, 0.15) is 17.3 Å². The number of halogens is 1. The molecule has 0 aromatic heterocycles. The molecule has 1 saturated carbocycles. The van der Waals surface area contributed by atoms with Crippen LogP contribution in [0, 0.1) is 16.0 Å². The summed E-state index contributed by atoms with van der Waals surface area (Å²) >= 11 is 6.07. The number of rotatable bonds is 8. The fraction of sp³-hybridized carbons (Fsp3) is 0.241. The molecule has 7 nitrogen and oxygen atoms in total. The predicted molar refractivity (Wildman–Crippen MR) is 141 cm³/mol. The number of hydrogen-bond donors (Lipinski definition) is 0. The molecule has 0 bridgehead atoms. The summed E-state index contributed by atoms with van der Waals surface area (Å²) in [7, 11) is 3.09. The highest BCUT2D eigenvalue weighted by atomic mass is 35.5. The predicted octanol–water partition coefficient (Wildman–Crippen LogP) is 5.74. The molecule has 0 N–H and O–H groups in total. The zero-order chi connectivity index (χ0) is 26.5. The van der Waals surface area contributed by atoms with Gasteiger partial charge in [-0.25, -0.2) is 0 Å². The molecule has 0 aliphatic heterocycles. The second kappa shape index (κ2) is 11.4. The van der Waals surface area contributed by atoms with Gasteiger partial charge < -0.3 is 9.47 Å². The van der Waals surface area contributed by atoms with Crippen LogP contribution >= 0.6 is 11.6 Å². The number of methoxy groups -OCH3 is 2. The SMILES string of the molecule is COc1ccc(/C=C/C(=O)C2C(=O)C[C@H](c3ccc(OC)cc3)[C@H]([N+](=O)[O-])C2c2ccc(Cl)cc2)cc1. The molecule has 1 aliphatic rings. The Bertz CT molecular complexity index is 1300. The molecule has 3 aromatic rings. The number of allylic oxidation sites excluding steroid dienone is 1. The Labute approximate surface area is 219 Å². The lowest BCUT2D eigenvalue weighted by Crippen LogP contribution is -2.48. The lowest BCUT2D eigenvalue weighted by atomic mass is 9.64. The summed E-state index contributed by atoms with van der Waals surface area (Å²) in [4.78, 5) is 39.1. The Kier molecular flexibility index (Phi) is 8.04. The lowest BCUT2D eigenvalue weighted by molar-refractivity contribution is -0.533. The van der Waals surface area contributed by atoms with E-state index in [-0.39, 0.29) is 17.1 Å². The molecule has 1 aliphatic carbocycles. The molecule has 0 amide bonds. The van der Waals surface area contributed by atoms with E-state index in [1.54, 1.807) is 86.0 Å². The van der Waals surface area contributed by atoms with E-state index in [1.165, 1.54) is 13.2 Å². The molecule has 0 saturated heterocycles. The molecule has 0 heterocycles. The minimum atomic E-state index is -1.20. The topological polar surface area (TPSA) is 95.7 Å². The number of carbonyl (C=O) groups is 2. The van der Waals surface area contributed by atoms with Crippen molar-refractivity contribution < 1.29 is 24.0 Å². The quantitative estimate of drug-likeness (QED) is 0.163. The molecule has 3 aromatic carbocycles. The Morgan fingerprint density at radius 1 is 0.919 bits per heavy atom. The van der Waals surface area contributed by atoms with Crippen LogP contribution in [0.1, 0.15) is 34.9 Å². The highest BCUT2D eigenvalue weighted by molar-refractivity contribution is 6.30. The normalized spacial score (nSPS) is 21.5. The molecule has 2 unspecified atom stereocenters. The third-order valence-corrected chi connectivity index (χ3v) is 7.06. The monoisotopic (exact) mass is 519 g/mol. The van der Waals surface area contributed by atoms with Gasteiger partial charge >= 0.3 is 0 Å². The van der Waals surface area contributed by atoms with E-state index in [2.05, 4.69) is 0 Å². The summed E-state index contributed by atoms with van der Waals surface area (Å²) in [5, 5.41) is 13.0. The Morgan fingerprint density at radius 2 is 1.46 bits per heavy atom. The maximum Gasteiger partial charge on any atom is 0.228 e. The van der Waals surface area contributed by atoms with E-state index in [1.807, 2.05) is 0 Å². The van der Waals surface area contributed by atoms with Gasteiger partial charge in [-0.15, -0.1) is 0 Å². The van der Waals surface area contributed by atoms with Crippen LogP contribution in [0.15, 0.2) is 78.9 Å². The van der Waals surface area contributed by atoms with Crippen LogP contribution in [-0.4, -0.2) is 36.8 Å². The largest absolute Gasteiger partial charge is 0.497 e. The van der Waals surface area contributed by atoms with Crippen molar-refractivity contribution in [2.75, 3.05) is 14.2 Å². The van der Waals surface area contributed by atoms with Crippen molar-refractivity contribution >= 4 is 29.2 Å². The maximum atomic E-state index is 13.5. The number of nitro groups is 1. The number of nitrogens with zero attached hydrogens (tertiary/aromatic N) is 1. The molecule has 1 fully saturated rings. The van der Waals surface area contributed by atoms with Gasteiger partial charge in [-0.3, -0.25) is 19.7 Å². The summed E-state index contributed by atoms with van der Waals surface area (Å²) < 4.78 is 10.4. The van der Waals surface area contributed by atoms with Gasteiger partial charge in [0.2, 0.25) is 6.04 Å². The fourth-order valence-corrected chi connectivity index (χ4v) is 5.09. The van der Waals surface area contributed by atoms with Gasteiger partial charge in [0.25, 0.3) is 0 Å². The second-order valence-corrected chi connectivity index (χ2v) is 9.33. The van der Waals surface area contributed by atoms with Gasteiger partial charge in [-0.1, -0.05) is 54.1 Å². The standard InChI is InChI=1S/C29H26ClNO6/c1-36-22-12-3-18(4-13-22)5-16-25(32)28-26(33)17-24(19-8-14-23(37-2)15-9-19)29(31(34)35)27(28)20-6-10-21(30)11-7-20/h3-16,24,27-29H,17H2,1-2H3/b16-5+/t24-,27?,28?,29+/m1/s1. The summed E-state index contributed by atoms with van der Waals surface area (Å²) in [5.74, 6) is -2.39. The van der Waals surface area contributed by atoms with Crippen molar-refractivity contribution in [3.8, 4) is 11.5 Å². The average Bonchev–Trinajstić information content (AvgIpc) is 2.91. The minimum absolute atomic E-state index is 0.116. The molecule has 0 spiro atoms. The van der Waals surface area contributed by atoms with E-state index >= 15 is 0 Å². The molecule has 4 atom stereocenters.